The number of aromatic nitrogens is 3. The van der Waals surface area contributed by atoms with E-state index in [0.717, 1.165) is 0 Å². The Hall–Kier alpha value is -1.17. The van der Waals surface area contributed by atoms with Crippen molar-refractivity contribution in [3.63, 3.8) is 0 Å². The van der Waals surface area contributed by atoms with Gasteiger partial charge >= 0.3 is 5.97 Å². The maximum absolute atomic E-state index is 11.1. The Bertz CT molecular complexity index is 626. The molecule has 2 aromatic heterocycles. The second-order valence-electron chi connectivity index (χ2n) is 3.66. The van der Waals surface area contributed by atoms with Crippen molar-refractivity contribution in [2.45, 2.75) is 0 Å². The van der Waals surface area contributed by atoms with Crippen LogP contribution in [-0.4, -0.2) is 25.4 Å². The molecule has 0 aliphatic carbocycles. The summed E-state index contributed by atoms with van der Waals surface area (Å²) in [5.74, 6) is -1.16. The van der Waals surface area contributed by atoms with E-state index in [1.807, 2.05) is 0 Å². The van der Waals surface area contributed by atoms with Gasteiger partial charge in [0.2, 0.25) is 0 Å². The predicted molar refractivity (Wildman–Crippen MR) is 69.6 cm³/mol. The number of carbonyl (C=O) groups is 1. The van der Waals surface area contributed by atoms with E-state index in [4.69, 9.17) is 39.9 Å². The molecule has 0 unspecified atom stereocenters. The number of aromatic carboxylic acids is 1. The van der Waals surface area contributed by atoms with Gasteiger partial charge in [0.05, 0.1) is 27.5 Å². The normalized spacial score (nSPS) is 10.9. The van der Waals surface area contributed by atoms with Crippen molar-refractivity contribution < 1.29 is 9.90 Å². The lowest BCUT2D eigenvalue weighted by Gasteiger charge is -2.02. The van der Waals surface area contributed by atoms with Gasteiger partial charge in [-0.05, 0) is 0 Å². The maximum Gasteiger partial charge on any atom is 0.354 e. The predicted octanol–water partition coefficient (Wildman–Crippen LogP) is 3.08. The summed E-state index contributed by atoms with van der Waals surface area (Å²) in [6, 6.07) is 0. The fourth-order valence-corrected chi connectivity index (χ4v) is 2.72. The molecule has 0 saturated heterocycles. The molecule has 0 atom stereocenters. The third kappa shape index (κ3) is 1.79. The molecule has 0 aliphatic heterocycles. The smallest absolute Gasteiger partial charge is 0.354 e. The average Bonchev–Trinajstić information content (AvgIpc) is 2.69. The topological polar surface area (TPSA) is 60.1 Å². The van der Waals surface area contributed by atoms with Gasteiger partial charge in [-0.2, -0.15) is 5.10 Å². The molecule has 0 radical (unpaired) electrons. The van der Waals surface area contributed by atoms with Crippen LogP contribution in [0.25, 0.3) is 11.3 Å². The highest BCUT2D eigenvalue weighted by atomic mass is 35.5. The van der Waals surface area contributed by atoms with Crippen molar-refractivity contribution in [1.29, 1.82) is 0 Å². The highest BCUT2D eigenvalue weighted by Gasteiger charge is 2.27. The minimum atomic E-state index is -1.16. The summed E-state index contributed by atoms with van der Waals surface area (Å²) >= 11 is 18.2. The first-order chi connectivity index (χ1) is 8.36. The molecular formula is C10H8Cl3N3O2. The van der Waals surface area contributed by atoms with Crippen LogP contribution in [0.4, 0.5) is 0 Å². The van der Waals surface area contributed by atoms with Gasteiger partial charge in [-0.3, -0.25) is 4.68 Å². The lowest BCUT2D eigenvalue weighted by molar-refractivity contribution is 0.0687. The molecule has 2 rings (SSSR count). The minimum Gasteiger partial charge on any atom is -0.477 e. The molecule has 0 amide bonds. The van der Waals surface area contributed by atoms with Crippen LogP contribution in [-0.2, 0) is 14.1 Å². The number of nitrogens with zero attached hydrogens (tertiary/aromatic N) is 3. The Morgan fingerprint density at radius 2 is 1.94 bits per heavy atom. The molecule has 0 fully saturated rings. The SMILES string of the molecule is Cn1ncc(Cl)c1-c1c(Cl)c(C(=O)O)n(C)c1Cl. The van der Waals surface area contributed by atoms with E-state index >= 15 is 0 Å². The minimum absolute atomic E-state index is 0.0421. The number of hydrogen-bond acceptors (Lipinski definition) is 2. The van der Waals surface area contributed by atoms with Crippen molar-refractivity contribution in [2.75, 3.05) is 0 Å². The first kappa shape index (κ1) is 13.3. The van der Waals surface area contributed by atoms with Crippen LogP contribution in [0.5, 0.6) is 0 Å². The van der Waals surface area contributed by atoms with Crippen molar-refractivity contribution in [3.05, 3.63) is 27.1 Å². The van der Waals surface area contributed by atoms with Crippen molar-refractivity contribution >= 4 is 40.8 Å². The summed E-state index contributed by atoms with van der Waals surface area (Å²) in [7, 11) is 3.19. The van der Waals surface area contributed by atoms with Gasteiger partial charge in [-0.15, -0.1) is 0 Å². The number of carboxylic acids is 1. The van der Waals surface area contributed by atoms with Crippen LogP contribution in [0.1, 0.15) is 10.5 Å². The average molecular weight is 309 g/mol. The zero-order chi connectivity index (χ0) is 13.6. The van der Waals surface area contributed by atoms with Crippen LogP contribution in [0, 0.1) is 0 Å². The quantitative estimate of drug-likeness (QED) is 0.927. The summed E-state index contributed by atoms with van der Waals surface area (Å²) in [4.78, 5) is 11.1. The van der Waals surface area contributed by atoms with Crippen molar-refractivity contribution in [3.8, 4) is 11.3 Å². The molecule has 96 valence electrons. The number of aryl methyl sites for hydroxylation is 1. The second kappa shape index (κ2) is 4.50. The van der Waals surface area contributed by atoms with Crippen LogP contribution in [0.2, 0.25) is 15.2 Å². The molecule has 0 saturated carbocycles. The van der Waals surface area contributed by atoms with Gasteiger partial charge in [0.1, 0.15) is 10.8 Å². The Morgan fingerprint density at radius 3 is 2.33 bits per heavy atom. The van der Waals surface area contributed by atoms with Crippen molar-refractivity contribution in [1.82, 2.24) is 14.3 Å². The van der Waals surface area contributed by atoms with E-state index in [2.05, 4.69) is 5.10 Å². The van der Waals surface area contributed by atoms with Crippen LogP contribution in [0.15, 0.2) is 6.20 Å². The molecule has 18 heavy (non-hydrogen) atoms. The number of rotatable bonds is 2. The standard InChI is InChI=1S/C10H8Cl3N3O2/c1-15-8(10(17)18)6(12)5(9(15)13)7-4(11)3-14-16(7)2/h3H,1-2H3,(H,17,18). The fourth-order valence-electron chi connectivity index (χ4n) is 1.75. The third-order valence-electron chi connectivity index (χ3n) is 2.60. The van der Waals surface area contributed by atoms with Gasteiger partial charge in [0, 0.05) is 14.1 Å². The molecule has 2 heterocycles. The lowest BCUT2D eigenvalue weighted by atomic mass is 10.2. The summed E-state index contributed by atoms with van der Waals surface area (Å²) < 4.78 is 2.78. The van der Waals surface area contributed by atoms with E-state index in [-0.39, 0.29) is 15.9 Å². The van der Waals surface area contributed by atoms with E-state index in [1.165, 1.54) is 22.5 Å². The van der Waals surface area contributed by atoms with E-state index < -0.39 is 5.97 Å². The molecule has 8 heteroatoms. The highest BCUT2D eigenvalue weighted by molar-refractivity contribution is 6.42. The summed E-state index contributed by atoms with van der Waals surface area (Å²) in [6.07, 6.45) is 1.44. The largest absolute Gasteiger partial charge is 0.477 e. The van der Waals surface area contributed by atoms with Gasteiger partial charge in [0.15, 0.2) is 0 Å². The number of halogens is 3. The molecule has 1 N–H and O–H groups in total. The van der Waals surface area contributed by atoms with Gasteiger partial charge < -0.3 is 9.67 Å². The molecule has 0 aromatic carbocycles. The molecule has 0 bridgehead atoms. The number of hydrogen-bond donors (Lipinski definition) is 1. The van der Waals surface area contributed by atoms with E-state index in [0.29, 0.717) is 16.3 Å². The monoisotopic (exact) mass is 307 g/mol. The van der Waals surface area contributed by atoms with Gasteiger partial charge in [0.25, 0.3) is 0 Å². The summed E-state index contributed by atoms with van der Waals surface area (Å²) in [6.45, 7) is 0. The fraction of sp³-hybridized carbons (Fsp3) is 0.200. The van der Waals surface area contributed by atoms with Gasteiger partial charge in [-0.25, -0.2) is 4.79 Å². The Kier molecular flexibility index (Phi) is 3.31. The molecule has 5 nitrogen and oxygen atoms in total. The Balaban J connectivity index is 2.82. The zero-order valence-corrected chi connectivity index (χ0v) is 11.7. The Labute approximate surface area is 117 Å². The van der Waals surface area contributed by atoms with E-state index in [1.54, 1.807) is 7.05 Å². The second-order valence-corrected chi connectivity index (χ2v) is 4.80. The van der Waals surface area contributed by atoms with Crippen LogP contribution in [0.3, 0.4) is 0 Å². The maximum atomic E-state index is 11.1. The van der Waals surface area contributed by atoms with Crippen LogP contribution >= 0.6 is 34.8 Å². The highest BCUT2D eigenvalue weighted by Crippen LogP contribution is 2.41. The van der Waals surface area contributed by atoms with Crippen LogP contribution < -0.4 is 0 Å². The third-order valence-corrected chi connectivity index (χ3v) is 3.68. The molecule has 2 aromatic rings. The first-order valence-corrected chi connectivity index (χ1v) is 5.94. The molecule has 0 spiro atoms. The summed E-state index contributed by atoms with van der Waals surface area (Å²) in [5, 5.41) is 13.7. The molecular weight excluding hydrogens is 300 g/mol. The first-order valence-electron chi connectivity index (χ1n) is 4.81. The summed E-state index contributed by atoms with van der Waals surface area (Å²) in [5.41, 5.74) is 0.756. The molecule has 0 aliphatic rings. The van der Waals surface area contributed by atoms with Crippen molar-refractivity contribution in [2.24, 2.45) is 14.1 Å². The lowest BCUT2D eigenvalue weighted by Crippen LogP contribution is -2.04. The van der Waals surface area contributed by atoms with Gasteiger partial charge in [-0.1, -0.05) is 34.8 Å². The Morgan fingerprint density at radius 1 is 1.33 bits per heavy atom. The van der Waals surface area contributed by atoms with E-state index in [9.17, 15) is 4.79 Å². The zero-order valence-electron chi connectivity index (χ0n) is 9.41. The number of carboxylic acid groups (broad SMARTS) is 1.